The van der Waals surface area contributed by atoms with Crippen LogP contribution in [0.1, 0.15) is 36.2 Å². The molecule has 16 heavy (non-hydrogen) atoms. The van der Waals surface area contributed by atoms with E-state index in [1.807, 2.05) is 19.1 Å². The lowest BCUT2D eigenvalue weighted by Gasteiger charge is -2.09. The maximum Gasteiger partial charge on any atom is 0.340 e. The Balaban J connectivity index is 2.63. The summed E-state index contributed by atoms with van der Waals surface area (Å²) in [7, 11) is 0. The van der Waals surface area contributed by atoms with E-state index in [0.717, 1.165) is 12.0 Å². The third-order valence-electron chi connectivity index (χ3n) is 2.47. The van der Waals surface area contributed by atoms with Crippen LogP contribution in [0.2, 0.25) is 0 Å². The summed E-state index contributed by atoms with van der Waals surface area (Å²) in [5, 5.41) is 0. The second kappa shape index (κ2) is 5.54. The minimum atomic E-state index is -0.332. The summed E-state index contributed by atoms with van der Waals surface area (Å²) in [6.07, 6.45) is 0.872. The average Bonchev–Trinajstić information content (AvgIpc) is 2.21. The number of nitrogen functional groups attached to an aromatic ring is 1. The molecule has 1 aromatic carbocycles. The molecule has 0 aliphatic heterocycles. The highest BCUT2D eigenvalue weighted by Gasteiger charge is 2.12. The van der Waals surface area contributed by atoms with E-state index < -0.39 is 0 Å². The summed E-state index contributed by atoms with van der Waals surface area (Å²) >= 11 is 0. The Morgan fingerprint density at radius 3 is 2.75 bits per heavy atom. The lowest BCUT2D eigenvalue weighted by Crippen LogP contribution is -2.11. The molecule has 3 nitrogen and oxygen atoms in total. The third-order valence-corrected chi connectivity index (χ3v) is 2.47. The topological polar surface area (TPSA) is 52.3 Å². The molecule has 0 radical (unpaired) electrons. The van der Waals surface area contributed by atoms with Crippen LogP contribution in [0.5, 0.6) is 0 Å². The summed E-state index contributed by atoms with van der Waals surface area (Å²) in [6, 6.07) is 5.38. The molecule has 2 N–H and O–H groups in total. The highest BCUT2D eigenvalue weighted by atomic mass is 16.5. The molecule has 0 aromatic heterocycles. The van der Waals surface area contributed by atoms with Crippen molar-refractivity contribution in [1.82, 2.24) is 0 Å². The van der Waals surface area contributed by atoms with Crippen molar-refractivity contribution in [3.8, 4) is 0 Å². The number of aryl methyl sites for hydroxylation is 1. The van der Waals surface area contributed by atoms with Crippen molar-refractivity contribution in [3.05, 3.63) is 29.3 Å². The number of anilines is 1. The molecule has 1 aromatic rings. The number of ether oxygens (including phenoxy) is 1. The summed E-state index contributed by atoms with van der Waals surface area (Å²) in [5.74, 6) is 0.199. The van der Waals surface area contributed by atoms with Crippen LogP contribution in [0.25, 0.3) is 0 Å². The van der Waals surface area contributed by atoms with Crippen LogP contribution in [-0.4, -0.2) is 12.6 Å². The van der Waals surface area contributed by atoms with Gasteiger partial charge in [-0.1, -0.05) is 26.0 Å². The number of para-hydroxylation sites is 1. The van der Waals surface area contributed by atoms with E-state index in [0.29, 0.717) is 23.8 Å². The second-order valence-corrected chi connectivity index (χ2v) is 4.35. The smallest absolute Gasteiger partial charge is 0.340 e. The van der Waals surface area contributed by atoms with E-state index in [1.165, 1.54) is 0 Å². The van der Waals surface area contributed by atoms with Gasteiger partial charge in [-0.15, -0.1) is 0 Å². The Kier molecular flexibility index (Phi) is 4.35. The summed E-state index contributed by atoms with van der Waals surface area (Å²) in [4.78, 5) is 11.7. The van der Waals surface area contributed by atoms with Gasteiger partial charge in [0.1, 0.15) is 0 Å². The summed E-state index contributed by atoms with van der Waals surface area (Å²) in [6.45, 7) is 6.51. The molecule has 0 aliphatic carbocycles. The van der Waals surface area contributed by atoms with Gasteiger partial charge in [-0.25, -0.2) is 4.79 Å². The molecule has 1 rings (SSSR count). The molecule has 0 saturated heterocycles. The molecule has 0 atom stereocenters. The standard InChI is InChI=1S/C13H19NO2/c1-9(2)7-8-16-13(15)11-6-4-5-10(3)12(11)14/h4-6,9H,7-8,14H2,1-3H3. The number of rotatable bonds is 4. The number of carbonyl (C=O) groups is 1. The van der Waals surface area contributed by atoms with Gasteiger partial charge in [0.05, 0.1) is 12.2 Å². The van der Waals surface area contributed by atoms with Crippen molar-refractivity contribution in [2.75, 3.05) is 12.3 Å². The number of hydrogen-bond acceptors (Lipinski definition) is 3. The number of carbonyl (C=O) groups excluding carboxylic acids is 1. The van der Waals surface area contributed by atoms with E-state index in [1.54, 1.807) is 6.07 Å². The van der Waals surface area contributed by atoms with Gasteiger partial charge >= 0.3 is 5.97 Å². The van der Waals surface area contributed by atoms with Gasteiger partial charge in [-0.05, 0) is 30.9 Å². The van der Waals surface area contributed by atoms with Crippen molar-refractivity contribution in [1.29, 1.82) is 0 Å². The largest absolute Gasteiger partial charge is 0.462 e. The van der Waals surface area contributed by atoms with Gasteiger partial charge in [-0.3, -0.25) is 0 Å². The lowest BCUT2D eigenvalue weighted by molar-refractivity contribution is 0.0489. The predicted molar refractivity (Wildman–Crippen MR) is 65.3 cm³/mol. The Bertz CT molecular complexity index is 372. The van der Waals surface area contributed by atoms with Gasteiger partial charge in [0.2, 0.25) is 0 Å². The van der Waals surface area contributed by atoms with E-state index in [4.69, 9.17) is 10.5 Å². The minimum Gasteiger partial charge on any atom is -0.462 e. The molecule has 0 bridgehead atoms. The first-order chi connectivity index (χ1) is 7.52. The Morgan fingerprint density at radius 1 is 1.44 bits per heavy atom. The highest BCUT2D eigenvalue weighted by Crippen LogP contribution is 2.17. The average molecular weight is 221 g/mol. The molecule has 0 amide bonds. The maximum absolute atomic E-state index is 11.7. The van der Waals surface area contributed by atoms with Gasteiger partial charge in [-0.2, -0.15) is 0 Å². The molecule has 0 unspecified atom stereocenters. The van der Waals surface area contributed by atoms with Crippen molar-refractivity contribution in [2.45, 2.75) is 27.2 Å². The van der Waals surface area contributed by atoms with Gasteiger partial charge in [0.25, 0.3) is 0 Å². The zero-order chi connectivity index (χ0) is 12.1. The van der Waals surface area contributed by atoms with Crippen molar-refractivity contribution >= 4 is 11.7 Å². The summed E-state index contributed by atoms with van der Waals surface area (Å²) in [5.41, 5.74) is 7.69. The van der Waals surface area contributed by atoms with Crippen molar-refractivity contribution in [3.63, 3.8) is 0 Å². The SMILES string of the molecule is Cc1cccc(C(=O)OCCC(C)C)c1N. The Labute approximate surface area is 96.6 Å². The summed E-state index contributed by atoms with van der Waals surface area (Å²) < 4.78 is 5.16. The Hall–Kier alpha value is -1.51. The van der Waals surface area contributed by atoms with E-state index in [9.17, 15) is 4.79 Å². The van der Waals surface area contributed by atoms with Crippen molar-refractivity contribution < 1.29 is 9.53 Å². The Morgan fingerprint density at radius 2 is 2.12 bits per heavy atom. The van der Waals surface area contributed by atoms with E-state index in [2.05, 4.69) is 13.8 Å². The third kappa shape index (κ3) is 3.26. The van der Waals surface area contributed by atoms with Crippen LogP contribution in [0, 0.1) is 12.8 Å². The van der Waals surface area contributed by atoms with Crippen LogP contribution < -0.4 is 5.73 Å². The number of nitrogens with two attached hydrogens (primary N) is 1. The first-order valence-electron chi connectivity index (χ1n) is 5.54. The zero-order valence-electron chi connectivity index (χ0n) is 10.1. The molecule has 0 spiro atoms. The monoisotopic (exact) mass is 221 g/mol. The highest BCUT2D eigenvalue weighted by molar-refractivity contribution is 5.95. The zero-order valence-corrected chi connectivity index (χ0v) is 10.1. The number of hydrogen-bond donors (Lipinski definition) is 1. The second-order valence-electron chi connectivity index (χ2n) is 4.35. The molecule has 88 valence electrons. The molecule has 0 heterocycles. The fraction of sp³-hybridized carbons (Fsp3) is 0.462. The fourth-order valence-corrected chi connectivity index (χ4v) is 1.32. The quantitative estimate of drug-likeness (QED) is 0.628. The van der Waals surface area contributed by atoms with Crippen LogP contribution in [0.3, 0.4) is 0 Å². The van der Waals surface area contributed by atoms with E-state index >= 15 is 0 Å². The first-order valence-corrected chi connectivity index (χ1v) is 5.54. The normalized spacial score (nSPS) is 10.5. The lowest BCUT2D eigenvalue weighted by atomic mass is 10.1. The molecule has 0 saturated carbocycles. The van der Waals surface area contributed by atoms with Crippen LogP contribution in [0.4, 0.5) is 5.69 Å². The van der Waals surface area contributed by atoms with Crippen LogP contribution in [0.15, 0.2) is 18.2 Å². The van der Waals surface area contributed by atoms with Crippen LogP contribution in [-0.2, 0) is 4.74 Å². The van der Waals surface area contributed by atoms with E-state index in [-0.39, 0.29) is 5.97 Å². The maximum atomic E-state index is 11.7. The molecule has 0 aliphatic rings. The molecular formula is C13H19NO2. The number of benzene rings is 1. The minimum absolute atomic E-state index is 0.332. The molecule has 3 heteroatoms. The molecular weight excluding hydrogens is 202 g/mol. The predicted octanol–water partition coefficient (Wildman–Crippen LogP) is 2.78. The van der Waals surface area contributed by atoms with Crippen LogP contribution >= 0.6 is 0 Å². The molecule has 0 fully saturated rings. The van der Waals surface area contributed by atoms with Crippen molar-refractivity contribution in [2.24, 2.45) is 5.92 Å². The van der Waals surface area contributed by atoms with Gasteiger partial charge < -0.3 is 10.5 Å². The van der Waals surface area contributed by atoms with Gasteiger partial charge in [0, 0.05) is 5.69 Å². The number of esters is 1. The fourth-order valence-electron chi connectivity index (χ4n) is 1.32. The van der Waals surface area contributed by atoms with Gasteiger partial charge in [0.15, 0.2) is 0 Å². The first kappa shape index (κ1) is 12.6.